The van der Waals surface area contributed by atoms with E-state index in [0.717, 1.165) is 9.71 Å². The van der Waals surface area contributed by atoms with E-state index in [1.807, 2.05) is 26.1 Å². The van der Waals surface area contributed by atoms with Gasteiger partial charge in [0.25, 0.3) is 6.01 Å². The van der Waals surface area contributed by atoms with Gasteiger partial charge in [0.1, 0.15) is 10.3 Å². The first-order valence-corrected chi connectivity index (χ1v) is 6.84. The lowest BCUT2D eigenvalue weighted by atomic mass is 10.1. The molecule has 1 atom stereocenters. The minimum absolute atomic E-state index is 0.274. The van der Waals surface area contributed by atoms with E-state index in [0.29, 0.717) is 6.61 Å². The topological polar surface area (TPSA) is 27.1 Å². The number of benzene rings is 1. The summed E-state index contributed by atoms with van der Waals surface area (Å²) in [6.45, 7) is 4.68. The lowest BCUT2D eigenvalue weighted by Crippen LogP contribution is -2.09. The Morgan fingerprint density at radius 1 is 1.29 bits per heavy atom. The highest BCUT2D eigenvalue weighted by molar-refractivity contribution is 14.1. The smallest absolute Gasteiger partial charge is 0.297 e. The van der Waals surface area contributed by atoms with Gasteiger partial charge in [-0.15, -0.1) is 0 Å². The number of imidazole rings is 1. The zero-order valence-electron chi connectivity index (χ0n) is 9.93. The van der Waals surface area contributed by atoms with E-state index in [-0.39, 0.29) is 6.04 Å². The lowest BCUT2D eigenvalue weighted by molar-refractivity contribution is 0.331. The maximum atomic E-state index is 5.53. The number of aromatic nitrogens is 2. The zero-order valence-corrected chi connectivity index (χ0v) is 12.1. The number of hydrogen-bond acceptors (Lipinski definition) is 2. The van der Waals surface area contributed by atoms with Gasteiger partial charge in [0.2, 0.25) is 0 Å². The third kappa shape index (κ3) is 2.31. The molecule has 0 fully saturated rings. The van der Waals surface area contributed by atoms with E-state index in [9.17, 15) is 0 Å². The van der Waals surface area contributed by atoms with Gasteiger partial charge in [-0.2, -0.15) is 0 Å². The fraction of sp³-hybridized carbons (Fsp3) is 0.308. The van der Waals surface area contributed by atoms with Gasteiger partial charge in [0.05, 0.1) is 12.2 Å². The maximum absolute atomic E-state index is 5.53. The summed E-state index contributed by atoms with van der Waals surface area (Å²) in [6, 6.07) is 11.4. The van der Waals surface area contributed by atoms with Crippen molar-refractivity contribution < 1.29 is 4.74 Å². The average Bonchev–Trinajstić information content (AvgIpc) is 2.97. The van der Waals surface area contributed by atoms with Crippen LogP contribution in [0.1, 0.15) is 25.5 Å². The molecule has 0 saturated carbocycles. The molecule has 2 heterocycles. The molecular weight excluding hydrogens is 327 g/mol. The number of nitrogens with zero attached hydrogens (tertiary/aromatic N) is 2. The Kier molecular flexibility index (Phi) is 4.04. The van der Waals surface area contributed by atoms with Crippen LogP contribution >= 0.6 is 22.6 Å². The third-order valence-corrected chi connectivity index (χ3v) is 3.38. The van der Waals surface area contributed by atoms with Crippen LogP contribution in [-0.4, -0.2) is 16.2 Å². The van der Waals surface area contributed by atoms with E-state index in [2.05, 4.69) is 56.4 Å². The van der Waals surface area contributed by atoms with Gasteiger partial charge in [-0.3, -0.25) is 4.57 Å². The first-order valence-electron chi connectivity index (χ1n) is 5.77. The summed E-state index contributed by atoms with van der Waals surface area (Å²) in [6.07, 6.45) is 1.84. The van der Waals surface area contributed by atoms with Crippen LogP contribution < -0.4 is 4.74 Å². The first-order chi connectivity index (χ1) is 8.36. The van der Waals surface area contributed by atoms with Crippen molar-refractivity contribution in [3.8, 4) is 6.01 Å². The van der Waals surface area contributed by atoms with Gasteiger partial charge < -0.3 is 4.74 Å². The molecule has 1 aromatic carbocycles. The molecule has 0 spiro atoms. The number of ether oxygens (including phenoxy) is 1. The molecule has 90 valence electrons. The summed E-state index contributed by atoms with van der Waals surface area (Å²) >= 11 is 2.28. The molecule has 0 radical (unpaired) electrons. The van der Waals surface area contributed by atoms with Gasteiger partial charge >= 0.3 is 0 Å². The molecule has 2 aromatic rings. The van der Waals surface area contributed by atoms with Crippen molar-refractivity contribution in [2.24, 2.45) is 0 Å². The summed E-state index contributed by atoms with van der Waals surface area (Å²) in [7, 11) is 0. The number of halogens is 1. The summed E-state index contributed by atoms with van der Waals surface area (Å²) in [4.78, 5) is 4.21. The van der Waals surface area contributed by atoms with E-state index >= 15 is 0 Å². The normalized spacial score (nSPS) is 16.8. The van der Waals surface area contributed by atoms with Crippen LogP contribution in [0.5, 0.6) is 6.01 Å². The Bertz CT molecular complexity index is 481. The SMILES string of the molecule is CC.Ic1cnc2n1C(c1ccccc1)CO2. The molecule has 0 bridgehead atoms. The van der Waals surface area contributed by atoms with Gasteiger partial charge in [-0.1, -0.05) is 44.2 Å². The molecule has 1 aromatic heterocycles. The van der Waals surface area contributed by atoms with Gasteiger partial charge in [-0.25, -0.2) is 4.98 Å². The zero-order chi connectivity index (χ0) is 12.3. The van der Waals surface area contributed by atoms with E-state index in [1.165, 1.54) is 5.56 Å². The van der Waals surface area contributed by atoms with Crippen LogP contribution in [0.4, 0.5) is 0 Å². The molecule has 1 aliphatic heterocycles. The fourth-order valence-electron chi connectivity index (χ4n) is 1.86. The molecule has 0 aliphatic carbocycles. The quantitative estimate of drug-likeness (QED) is 0.742. The van der Waals surface area contributed by atoms with Gasteiger partial charge in [-0.05, 0) is 28.2 Å². The standard InChI is InChI=1S/C11H9IN2O.C2H6/c12-10-6-13-11-14(10)9(7-15-11)8-4-2-1-3-5-8;1-2/h1-6,9H,7H2;1-2H3. The fourth-order valence-corrected chi connectivity index (χ4v) is 2.54. The van der Waals surface area contributed by atoms with Crippen molar-refractivity contribution in [2.45, 2.75) is 19.9 Å². The highest BCUT2D eigenvalue weighted by Crippen LogP contribution is 2.32. The summed E-state index contributed by atoms with van der Waals surface area (Å²) in [5.41, 5.74) is 1.27. The highest BCUT2D eigenvalue weighted by atomic mass is 127. The van der Waals surface area contributed by atoms with Crippen LogP contribution in [0.3, 0.4) is 0 Å². The predicted octanol–water partition coefficient (Wildman–Crippen LogP) is 3.50. The Morgan fingerprint density at radius 3 is 2.71 bits per heavy atom. The molecule has 3 nitrogen and oxygen atoms in total. The molecular formula is C13H15IN2O. The minimum Gasteiger partial charge on any atom is -0.462 e. The highest BCUT2D eigenvalue weighted by Gasteiger charge is 2.27. The first kappa shape index (κ1) is 12.4. The van der Waals surface area contributed by atoms with E-state index in [1.54, 1.807) is 0 Å². The molecule has 3 rings (SSSR count). The molecule has 4 heteroatoms. The van der Waals surface area contributed by atoms with Crippen molar-refractivity contribution in [3.63, 3.8) is 0 Å². The second-order valence-corrected chi connectivity index (χ2v) is 4.58. The van der Waals surface area contributed by atoms with Gasteiger partial charge in [0, 0.05) is 0 Å². The van der Waals surface area contributed by atoms with Crippen LogP contribution in [0.15, 0.2) is 36.5 Å². The summed E-state index contributed by atoms with van der Waals surface area (Å²) in [5.74, 6) is 0. The van der Waals surface area contributed by atoms with Crippen molar-refractivity contribution in [1.82, 2.24) is 9.55 Å². The molecule has 1 unspecified atom stereocenters. The Balaban J connectivity index is 0.000000514. The average molecular weight is 342 g/mol. The molecule has 0 saturated heterocycles. The Morgan fingerprint density at radius 2 is 2.00 bits per heavy atom. The molecule has 1 aliphatic rings. The summed E-state index contributed by atoms with van der Waals surface area (Å²) in [5, 5.41) is 0. The van der Waals surface area contributed by atoms with E-state index < -0.39 is 0 Å². The second-order valence-electron chi connectivity index (χ2n) is 3.47. The Hall–Kier alpha value is -1.04. The van der Waals surface area contributed by atoms with Crippen LogP contribution in [-0.2, 0) is 0 Å². The van der Waals surface area contributed by atoms with Crippen LogP contribution in [0, 0.1) is 3.70 Å². The summed E-state index contributed by atoms with van der Waals surface area (Å²) < 4.78 is 8.79. The third-order valence-electron chi connectivity index (χ3n) is 2.58. The second kappa shape index (κ2) is 5.53. The lowest BCUT2D eigenvalue weighted by Gasteiger charge is -2.11. The number of rotatable bonds is 1. The Labute approximate surface area is 115 Å². The maximum Gasteiger partial charge on any atom is 0.297 e. The van der Waals surface area contributed by atoms with Crippen LogP contribution in [0.25, 0.3) is 0 Å². The predicted molar refractivity (Wildman–Crippen MR) is 76.4 cm³/mol. The molecule has 0 N–H and O–H groups in total. The van der Waals surface area contributed by atoms with E-state index in [4.69, 9.17) is 4.74 Å². The largest absolute Gasteiger partial charge is 0.462 e. The molecule has 0 amide bonds. The van der Waals surface area contributed by atoms with Crippen molar-refractivity contribution in [3.05, 3.63) is 45.8 Å². The number of fused-ring (bicyclic) bond motifs is 1. The van der Waals surface area contributed by atoms with Crippen molar-refractivity contribution in [1.29, 1.82) is 0 Å². The van der Waals surface area contributed by atoms with Crippen molar-refractivity contribution >= 4 is 22.6 Å². The van der Waals surface area contributed by atoms with Crippen LogP contribution in [0.2, 0.25) is 0 Å². The monoisotopic (exact) mass is 342 g/mol. The molecule has 17 heavy (non-hydrogen) atoms. The van der Waals surface area contributed by atoms with Crippen molar-refractivity contribution in [2.75, 3.05) is 6.61 Å². The van der Waals surface area contributed by atoms with Gasteiger partial charge in [0.15, 0.2) is 0 Å². The minimum atomic E-state index is 0.274. The number of hydrogen-bond donors (Lipinski definition) is 0.